The molecular weight excluding hydrogens is 368 g/mol. The van der Waals surface area contributed by atoms with Crippen LogP contribution in [-0.4, -0.2) is 42.8 Å². The SMILES string of the molecule is COc1ccccc1CCNC(=O)CCN1C(=O)c2ccc(Cl)cc2C1=O. The molecule has 27 heavy (non-hydrogen) atoms. The summed E-state index contributed by atoms with van der Waals surface area (Å²) in [5.41, 5.74) is 1.60. The van der Waals surface area contributed by atoms with Gasteiger partial charge >= 0.3 is 0 Å². The van der Waals surface area contributed by atoms with Gasteiger partial charge in [0.25, 0.3) is 11.8 Å². The lowest BCUT2D eigenvalue weighted by molar-refractivity contribution is -0.121. The van der Waals surface area contributed by atoms with Crippen molar-refractivity contribution in [3.63, 3.8) is 0 Å². The third-order valence-corrected chi connectivity index (χ3v) is 4.64. The molecule has 0 atom stereocenters. The minimum atomic E-state index is -0.417. The Morgan fingerprint density at radius 2 is 1.85 bits per heavy atom. The lowest BCUT2D eigenvalue weighted by Gasteiger charge is -2.14. The van der Waals surface area contributed by atoms with E-state index in [1.54, 1.807) is 13.2 Å². The van der Waals surface area contributed by atoms with Crippen LogP contribution in [0.1, 0.15) is 32.7 Å². The van der Waals surface area contributed by atoms with Gasteiger partial charge in [-0.1, -0.05) is 29.8 Å². The maximum Gasteiger partial charge on any atom is 0.261 e. The van der Waals surface area contributed by atoms with Crippen molar-refractivity contribution in [2.75, 3.05) is 20.2 Å². The second-order valence-corrected chi connectivity index (χ2v) is 6.55. The summed E-state index contributed by atoms with van der Waals surface area (Å²) < 4.78 is 5.28. The number of ether oxygens (including phenoxy) is 1. The summed E-state index contributed by atoms with van der Waals surface area (Å²) in [4.78, 5) is 37.8. The van der Waals surface area contributed by atoms with Crippen molar-refractivity contribution >= 4 is 29.3 Å². The Balaban J connectivity index is 1.50. The molecule has 1 aliphatic heterocycles. The first-order valence-corrected chi connectivity index (χ1v) is 8.93. The highest BCUT2D eigenvalue weighted by molar-refractivity contribution is 6.32. The van der Waals surface area contributed by atoms with E-state index in [1.165, 1.54) is 12.1 Å². The maximum absolute atomic E-state index is 12.3. The van der Waals surface area contributed by atoms with Gasteiger partial charge in [0.05, 0.1) is 18.2 Å². The Morgan fingerprint density at radius 1 is 1.11 bits per heavy atom. The van der Waals surface area contributed by atoms with Gasteiger partial charge in [0, 0.05) is 24.5 Å². The van der Waals surface area contributed by atoms with Crippen LogP contribution in [0.5, 0.6) is 5.75 Å². The van der Waals surface area contributed by atoms with Gasteiger partial charge in [0.1, 0.15) is 5.75 Å². The number of imide groups is 1. The molecule has 3 rings (SSSR count). The number of amides is 3. The second kappa shape index (κ2) is 8.22. The fraction of sp³-hybridized carbons (Fsp3) is 0.250. The number of carbonyl (C=O) groups excluding carboxylic acids is 3. The monoisotopic (exact) mass is 386 g/mol. The summed E-state index contributed by atoms with van der Waals surface area (Å²) in [6, 6.07) is 12.2. The van der Waals surface area contributed by atoms with E-state index in [-0.39, 0.29) is 24.4 Å². The summed E-state index contributed by atoms with van der Waals surface area (Å²) in [6.45, 7) is 0.474. The van der Waals surface area contributed by atoms with Crippen LogP contribution in [0.3, 0.4) is 0 Å². The van der Waals surface area contributed by atoms with Crippen molar-refractivity contribution in [3.05, 3.63) is 64.2 Å². The van der Waals surface area contributed by atoms with Crippen molar-refractivity contribution in [1.82, 2.24) is 10.2 Å². The number of para-hydroxylation sites is 1. The number of halogens is 1. The van der Waals surface area contributed by atoms with Crippen molar-refractivity contribution < 1.29 is 19.1 Å². The van der Waals surface area contributed by atoms with Gasteiger partial charge in [0.15, 0.2) is 0 Å². The number of rotatable bonds is 7. The van der Waals surface area contributed by atoms with Gasteiger partial charge < -0.3 is 10.1 Å². The third-order valence-electron chi connectivity index (χ3n) is 4.40. The molecule has 0 bridgehead atoms. The highest BCUT2D eigenvalue weighted by Gasteiger charge is 2.35. The molecule has 7 heteroatoms. The zero-order chi connectivity index (χ0) is 19.4. The minimum absolute atomic E-state index is 0.0322. The van der Waals surface area contributed by atoms with Gasteiger partial charge in [-0.3, -0.25) is 19.3 Å². The summed E-state index contributed by atoms with van der Waals surface area (Å²) in [5, 5.41) is 3.20. The van der Waals surface area contributed by atoms with Crippen LogP contribution in [0, 0.1) is 0 Å². The van der Waals surface area contributed by atoms with Gasteiger partial charge in [-0.2, -0.15) is 0 Å². The number of fused-ring (bicyclic) bond motifs is 1. The maximum atomic E-state index is 12.3. The molecule has 0 fully saturated rings. The van der Waals surface area contributed by atoms with Crippen LogP contribution in [0.15, 0.2) is 42.5 Å². The van der Waals surface area contributed by atoms with Gasteiger partial charge in [-0.05, 0) is 36.2 Å². The van der Waals surface area contributed by atoms with Crippen molar-refractivity contribution in [2.45, 2.75) is 12.8 Å². The van der Waals surface area contributed by atoms with E-state index in [0.717, 1.165) is 16.2 Å². The fourth-order valence-corrected chi connectivity index (χ4v) is 3.19. The molecule has 1 heterocycles. The predicted molar refractivity (Wildman–Crippen MR) is 101 cm³/mol. The summed E-state index contributed by atoms with van der Waals surface area (Å²) in [6.07, 6.45) is 0.673. The molecule has 2 aromatic rings. The number of hydrogen-bond donors (Lipinski definition) is 1. The standard InChI is InChI=1S/C20H19ClN2O4/c1-27-17-5-3-2-4-13(17)8-10-22-18(24)9-11-23-19(25)15-7-6-14(21)12-16(15)20(23)26/h2-7,12H,8-11H2,1H3,(H,22,24). The van der Waals surface area contributed by atoms with E-state index in [9.17, 15) is 14.4 Å². The van der Waals surface area contributed by atoms with E-state index >= 15 is 0 Å². The highest BCUT2D eigenvalue weighted by atomic mass is 35.5. The molecular formula is C20H19ClN2O4. The molecule has 3 amide bonds. The molecule has 0 saturated heterocycles. The summed E-state index contributed by atoms with van der Waals surface area (Å²) >= 11 is 5.89. The first kappa shape index (κ1) is 18.9. The van der Waals surface area contributed by atoms with E-state index in [4.69, 9.17) is 16.3 Å². The van der Waals surface area contributed by atoms with Gasteiger partial charge in [0.2, 0.25) is 5.91 Å². The predicted octanol–water partition coefficient (Wildman–Crippen LogP) is 2.69. The number of nitrogens with zero attached hydrogens (tertiary/aromatic N) is 1. The Morgan fingerprint density at radius 3 is 2.63 bits per heavy atom. The molecule has 0 radical (unpaired) electrons. The summed E-state index contributed by atoms with van der Waals surface area (Å²) in [5.74, 6) is -0.260. The molecule has 0 saturated carbocycles. The highest BCUT2D eigenvalue weighted by Crippen LogP contribution is 2.25. The number of nitrogens with one attached hydrogen (secondary N) is 1. The van der Waals surface area contributed by atoms with Crippen molar-refractivity contribution in [2.24, 2.45) is 0 Å². The van der Waals surface area contributed by atoms with E-state index in [2.05, 4.69) is 5.32 Å². The quantitative estimate of drug-likeness (QED) is 0.742. The molecule has 6 nitrogen and oxygen atoms in total. The van der Waals surface area contributed by atoms with Crippen LogP contribution in [0.2, 0.25) is 5.02 Å². The molecule has 0 aromatic heterocycles. The second-order valence-electron chi connectivity index (χ2n) is 6.11. The summed E-state index contributed by atoms with van der Waals surface area (Å²) in [7, 11) is 1.60. The molecule has 1 aliphatic rings. The number of methoxy groups -OCH3 is 1. The van der Waals surface area contributed by atoms with E-state index in [0.29, 0.717) is 23.6 Å². The zero-order valence-corrected chi connectivity index (χ0v) is 15.6. The number of benzene rings is 2. The Kier molecular flexibility index (Phi) is 5.76. The Hall–Kier alpha value is -2.86. The van der Waals surface area contributed by atoms with Crippen LogP contribution < -0.4 is 10.1 Å². The van der Waals surface area contributed by atoms with Crippen molar-refractivity contribution in [1.29, 1.82) is 0 Å². The normalized spacial score (nSPS) is 12.9. The lowest BCUT2D eigenvalue weighted by Crippen LogP contribution is -2.35. The largest absolute Gasteiger partial charge is 0.496 e. The average molecular weight is 387 g/mol. The van der Waals surface area contributed by atoms with Gasteiger partial charge in [-0.25, -0.2) is 0 Å². The van der Waals surface area contributed by atoms with E-state index in [1.807, 2.05) is 24.3 Å². The van der Waals surface area contributed by atoms with Crippen LogP contribution in [0.4, 0.5) is 0 Å². The lowest BCUT2D eigenvalue weighted by atomic mass is 10.1. The smallest absolute Gasteiger partial charge is 0.261 e. The number of carbonyl (C=O) groups is 3. The van der Waals surface area contributed by atoms with Crippen LogP contribution in [-0.2, 0) is 11.2 Å². The molecule has 2 aromatic carbocycles. The molecule has 1 N–H and O–H groups in total. The molecule has 140 valence electrons. The zero-order valence-electron chi connectivity index (χ0n) is 14.8. The molecule has 0 spiro atoms. The number of hydrogen-bond acceptors (Lipinski definition) is 4. The van der Waals surface area contributed by atoms with Crippen LogP contribution >= 0.6 is 11.6 Å². The first-order valence-electron chi connectivity index (χ1n) is 8.55. The van der Waals surface area contributed by atoms with Gasteiger partial charge in [-0.15, -0.1) is 0 Å². The fourth-order valence-electron chi connectivity index (χ4n) is 3.01. The molecule has 0 aliphatic carbocycles. The third kappa shape index (κ3) is 4.11. The molecule has 0 unspecified atom stereocenters. The van der Waals surface area contributed by atoms with Crippen molar-refractivity contribution in [3.8, 4) is 5.75 Å². The minimum Gasteiger partial charge on any atom is -0.496 e. The van der Waals surface area contributed by atoms with Crippen LogP contribution in [0.25, 0.3) is 0 Å². The Labute approximate surface area is 162 Å². The Bertz CT molecular complexity index is 897. The van der Waals surface area contributed by atoms with E-state index < -0.39 is 11.8 Å². The topological polar surface area (TPSA) is 75.7 Å². The average Bonchev–Trinajstić information content (AvgIpc) is 2.90. The first-order chi connectivity index (χ1) is 13.0.